The van der Waals surface area contributed by atoms with Crippen molar-refractivity contribution < 1.29 is 23.7 Å². The second-order valence-corrected chi connectivity index (χ2v) is 10.2. The number of hydrogen-bond acceptors (Lipinski definition) is 8. The minimum atomic E-state index is -0.692. The summed E-state index contributed by atoms with van der Waals surface area (Å²) in [6, 6.07) is 9.74. The van der Waals surface area contributed by atoms with Gasteiger partial charge in [-0.3, -0.25) is 14.9 Å². The lowest BCUT2D eigenvalue weighted by Crippen LogP contribution is -2.17. The van der Waals surface area contributed by atoms with Crippen LogP contribution in [0.15, 0.2) is 40.3 Å². The molecule has 38 heavy (non-hydrogen) atoms. The van der Waals surface area contributed by atoms with Crippen LogP contribution in [-0.4, -0.2) is 23.4 Å². The van der Waals surface area contributed by atoms with E-state index in [1.54, 1.807) is 32.0 Å². The number of thiophene rings is 1. The lowest BCUT2D eigenvalue weighted by molar-refractivity contribution is -0.384. The van der Waals surface area contributed by atoms with E-state index < -0.39 is 16.8 Å². The molecule has 196 valence electrons. The Hall–Kier alpha value is -4.23. The van der Waals surface area contributed by atoms with Crippen LogP contribution < -0.4 is 5.32 Å². The van der Waals surface area contributed by atoms with Crippen LogP contribution in [0.1, 0.15) is 58.8 Å². The van der Waals surface area contributed by atoms with Crippen molar-refractivity contribution in [1.29, 1.82) is 5.26 Å². The van der Waals surface area contributed by atoms with Crippen molar-refractivity contribution in [2.75, 3.05) is 11.9 Å². The van der Waals surface area contributed by atoms with Crippen LogP contribution in [0, 0.1) is 34.3 Å². The predicted octanol–water partition coefficient (Wildman–Crippen LogP) is 6.46. The minimum Gasteiger partial charge on any atom is -0.462 e. The maximum absolute atomic E-state index is 13.1. The third kappa shape index (κ3) is 5.53. The van der Waals surface area contributed by atoms with Gasteiger partial charge in [0.15, 0.2) is 0 Å². The van der Waals surface area contributed by atoms with Gasteiger partial charge in [0.1, 0.15) is 28.2 Å². The van der Waals surface area contributed by atoms with E-state index in [0.717, 1.165) is 41.7 Å². The van der Waals surface area contributed by atoms with Gasteiger partial charge in [0.05, 0.1) is 22.7 Å². The van der Waals surface area contributed by atoms with Gasteiger partial charge in [-0.05, 0) is 68.4 Å². The van der Waals surface area contributed by atoms with Crippen LogP contribution >= 0.6 is 11.3 Å². The fraction of sp³-hybridized carbons (Fsp3) is 0.321. The maximum atomic E-state index is 13.1. The van der Waals surface area contributed by atoms with Crippen LogP contribution in [0.5, 0.6) is 0 Å². The summed E-state index contributed by atoms with van der Waals surface area (Å²) < 4.78 is 11.0. The number of fused-ring (bicyclic) bond motifs is 1. The molecule has 2 aromatic heterocycles. The van der Waals surface area contributed by atoms with E-state index >= 15 is 0 Å². The first-order chi connectivity index (χ1) is 18.2. The zero-order valence-corrected chi connectivity index (χ0v) is 22.1. The Labute approximate surface area is 223 Å². The number of furan rings is 1. The largest absolute Gasteiger partial charge is 0.462 e. The number of benzene rings is 1. The Balaban J connectivity index is 1.62. The SMILES string of the molecule is CCOC(=O)c1c(NC(=O)/C(C#N)=C/c2ccc(-c3ccc(C)cc3[N+](=O)[O-])o2)sc2c1CCC(CC)C2. The molecule has 1 N–H and O–H groups in total. The molecule has 0 bridgehead atoms. The van der Waals surface area contributed by atoms with Gasteiger partial charge < -0.3 is 14.5 Å². The van der Waals surface area contributed by atoms with Gasteiger partial charge in [0.2, 0.25) is 0 Å². The van der Waals surface area contributed by atoms with Gasteiger partial charge >= 0.3 is 5.97 Å². The molecule has 2 heterocycles. The molecular formula is C28H27N3O6S. The zero-order chi connectivity index (χ0) is 27.4. The van der Waals surface area contributed by atoms with Gasteiger partial charge in [-0.2, -0.15) is 5.26 Å². The normalized spacial score (nSPS) is 14.9. The number of anilines is 1. The number of carbonyl (C=O) groups excluding carboxylic acids is 2. The lowest BCUT2D eigenvalue weighted by atomic mass is 9.85. The first kappa shape index (κ1) is 26.8. The second kappa shape index (κ2) is 11.4. The third-order valence-electron chi connectivity index (χ3n) is 6.55. The topological polar surface area (TPSA) is 135 Å². The average molecular weight is 534 g/mol. The summed E-state index contributed by atoms with van der Waals surface area (Å²) in [4.78, 5) is 37.9. The summed E-state index contributed by atoms with van der Waals surface area (Å²) in [5.41, 5.74) is 1.95. The van der Waals surface area contributed by atoms with Crippen LogP contribution in [0.3, 0.4) is 0 Å². The van der Waals surface area contributed by atoms with Crippen LogP contribution in [0.4, 0.5) is 10.7 Å². The standard InChI is InChI=1S/C28H27N3O6S/c1-4-17-7-10-21-24(13-17)38-27(25(21)28(33)36-5-2)30-26(32)18(15-29)14-19-8-11-23(37-19)20-9-6-16(3)12-22(20)31(34)35/h6,8-9,11-12,14,17H,4-5,7,10,13H2,1-3H3,(H,30,32)/b18-14+. The van der Waals surface area contributed by atoms with Crippen LogP contribution in [0.25, 0.3) is 17.4 Å². The van der Waals surface area contributed by atoms with Gasteiger partial charge in [-0.25, -0.2) is 4.79 Å². The Morgan fingerprint density at radius 2 is 2.11 bits per heavy atom. The van der Waals surface area contributed by atoms with Crippen LogP contribution in [0.2, 0.25) is 0 Å². The Morgan fingerprint density at radius 1 is 1.32 bits per heavy atom. The Kier molecular flexibility index (Phi) is 8.08. The number of ether oxygens (including phenoxy) is 1. The number of carbonyl (C=O) groups is 2. The number of nitro benzene ring substituents is 1. The third-order valence-corrected chi connectivity index (χ3v) is 7.71. The van der Waals surface area contributed by atoms with Crippen molar-refractivity contribution >= 4 is 40.0 Å². The molecule has 0 radical (unpaired) electrons. The molecule has 1 amide bonds. The van der Waals surface area contributed by atoms with Gasteiger partial charge in [-0.1, -0.05) is 19.4 Å². The maximum Gasteiger partial charge on any atom is 0.341 e. The molecule has 1 aromatic carbocycles. The molecule has 9 nitrogen and oxygen atoms in total. The molecule has 1 atom stereocenters. The number of rotatable bonds is 8. The molecular weight excluding hydrogens is 506 g/mol. The highest BCUT2D eigenvalue weighted by molar-refractivity contribution is 7.17. The number of aryl methyl sites for hydroxylation is 1. The van der Waals surface area contributed by atoms with E-state index in [-0.39, 0.29) is 35.0 Å². The number of amides is 1. The first-order valence-corrected chi connectivity index (χ1v) is 13.2. The van der Waals surface area contributed by atoms with Crippen LogP contribution in [-0.2, 0) is 22.4 Å². The first-order valence-electron chi connectivity index (χ1n) is 12.4. The smallest absolute Gasteiger partial charge is 0.341 e. The van der Waals surface area contributed by atoms with Gasteiger partial charge in [0.25, 0.3) is 11.6 Å². The van der Waals surface area contributed by atoms with Gasteiger partial charge in [-0.15, -0.1) is 11.3 Å². The Bertz CT molecular complexity index is 1480. The molecule has 1 aliphatic carbocycles. The lowest BCUT2D eigenvalue weighted by Gasteiger charge is -2.20. The summed E-state index contributed by atoms with van der Waals surface area (Å²) in [5.74, 6) is -0.243. The number of nitriles is 1. The highest BCUT2D eigenvalue weighted by atomic mass is 32.1. The summed E-state index contributed by atoms with van der Waals surface area (Å²) in [6.45, 7) is 5.82. The molecule has 3 aromatic rings. The summed E-state index contributed by atoms with van der Waals surface area (Å²) >= 11 is 1.35. The van der Waals surface area contributed by atoms with E-state index in [2.05, 4.69) is 12.2 Å². The molecule has 1 unspecified atom stereocenters. The highest BCUT2D eigenvalue weighted by Crippen LogP contribution is 2.41. The summed E-state index contributed by atoms with van der Waals surface area (Å²) in [7, 11) is 0. The fourth-order valence-electron chi connectivity index (χ4n) is 4.55. The van der Waals surface area contributed by atoms with E-state index in [1.165, 1.54) is 29.5 Å². The van der Waals surface area contributed by atoms with E-state index in [4.69, 9.17) is 9.15 Å². The van der Waals surface area contributed by atoms with Gasteiger partial charge in [0, 0.05) is 17.0 Å². The zero-order valence-electron chi connectivity index (χ0n) is 21.3. The molecule has 1 aliphatic rings. The minimum absolute atomic E-state index is 0.105. The number of nitrogens with one attached hydrogen (secondary N) is 1. The number of hydrogen-bond donors (Lipinski definition) is 1. The molecule has 0 saturated carbocycles. The second-order valence-electron chi connectivity index (χ2n) is 9.05. The summed E-state index contributed by atoms with van der Waals surface area (Å²) in [6.07, 6.45) is 4.83. The number of nitrogens with zero attached hydrogens (tertiary/aromatic N) is 2. The number of esters is 1. The molecule has 10 heteroatoms. The Morgan fingerprint density at radius 3 is 2.79 bits per heavy atom. The van der Waals surface area contributed by atoms with E-state index in [0.29, 0.717) is 16.5 Å². The number of nitro groups is 1. The van der Waals surface area contributed by atoms with E-state index in [1.807, 2.05) is 6.07 Å². The highest BCUT2D eigenvalue weighted by Gasteiger charge is 2.30. The molecule has 0 saturated heterocycles. The van der Waals surface area contributed by atoms with E-state index in [9.17, 15) is 25.0 Å². The van der Waals surface area contributed by atoms with Crippen molar-refractivity contribution in [1.82, 2.24) is 0 Å². The van der Waals surface area contributed by atoms with Crippen molar-refractivity contribution in [3.8, 4) is 17.4 Å². The fourth-order valence-corrected chi connectivity index (χ4v) is 5.89. The average Bonchev–Trinajstić information content (AvgIpc) is 3.50. The van der Waals surface area contributed by atoms with Crippen molar-refractivity contribution in [2.24, 2.45) is 5.92 Å². The van der Waals surface area contributed by atoms with Crippen molar-refractivity contribution in [3.63, 3.8) is 0 Å². The predicted molar refractivity (Wildman–Crippen MR) is 144 cm³/mol. The quantitative estimate of drug-likeness (QED) is 0.115. The molecule has 4 rings (SSSR count). The molecule has 0 spiro atoms. The molecule has 0 fully saturated rings. The summed E-state index contributed by atoms with van der Waals surface area (Å²) in [5, 5.41) is 24.3. The monoisotopic (exact) mass is 533 g/mol. The molecule has 0 aliphatic heterocycles. The van der Waals surface area contributed by atoms with Crippen molar-refractivity contribution in [3.05, 3.63) is 73.3 Å². The van der Waals surface area contributed by atoms with Crippen molar-refractivity contribution in [2.45, 2.75) is 46.5 Å².